The summed E-state index contributed by atoms with van der Waals surface area (Å²) in [4.78, 5) is 21.6. The normalized spacial score (nSPS) is 11.8. The van der Waals surface area contributed by atoms with E-state index in [0.717, 1.165) is 23.5 Å². The van der Waals surface area contributed by atoms with Crippen LogP contribution in [0.5, 0.6) is 5.75 Å². The molecular formula is C21H16F3NO7S2. The molecule has 180 valence electrons. The fourth-order valence-electron chi connectivity index (χ4n) is 3.06. The molecule has 0 radical (unpaired) electrons. The quantitative estimate of drug-likeness (QED) is 0.396. The van der Waals surface area contributed by atoms with E-state index in [1.165, 1.54) is 30.3 Å². The summed E-state index contributed by atoms with van der Waals surface area (Å²) in [7, 11) is -4.56. The lowest BCUT2D eigenvalue weighted by molar-refractivity contribution is -0.140. The lowest BCUT2D eigenvalue weighted by Gasteiger charge is -2.14. The first-order valence-corrected chi connectivity index (χ1v) is 11.6. The number of hydrogen-bond donors (Lipinski definition) is 3. The smallest absolute Gasteiger partial charge is 0.417 e. The molecule has 2 aromatic carbocycles. The lowest BCUT2D eigenvalue weighted by atomic mass is 10.1. The summed E-state index contributed by atoms with van der Waals surface area (Å²) in [6.45, 7) is 0.803. The highest BCUT2D eigenvalue weighted by atomic mass is 32.2. The van der Waals surface area contributed by atoms with Gasteiger partial charge in [-0.15, -0.1) is 11.3 Å². The minimum Gasteiger partial charge on any atom is -0.480 e. The largest absolute Gasteiger partial charge is 0.480 e. The van der Waals surface area contributed by atoms with Gasteiger partial charge in [0.1, 0.15) is 5.75 Å². The molecule has 0 saturated carbocycles. The average Bonchev–Trinajstić information content (AvgIpc) is 3.08. The van der Waals surface area contributed by atoms with Crippen molar-refractivity contribution in [2.24, 2.45) is 0 Å². The zero-order valence-corrected chi connectivity index (χ0v) is 18.8. The van der Waals surface area contributed by atoms with Crippen LogP contribution in [-0.4, -0.2) is 37.2 Å². The number of sulfonamides is 1. The fourth-order valence-corrected chi connectivity index (χ4v) is 5.44. The fraction of sp³-hybridized carbons (Fsp3) is 0.143. The average molecular weight is 515 g/mol. The molecule has 0 aliphatic heterocycles. The number of anilines is 1. The molecule has 0 aliphatic carbocycles. The summed E-state index contributed by atoms with van der Waals surface area (Å²) < 4.78 is 72.0. The third-order valence-electron chi connectivity index (χ3n) is 4.51. The topological polar surface area (TPSA) is 130 Å². The van der Waals surface area contributed by atoms with Crippen molar-refractivity contribution in [2.75, 3.05) is 11.3 Å². The predicted octanol–water partition coefficient (Wildman–Crippen LogP) is 4.70. The molecule has 0 bridgehead atoms. The molecule has 0 amide bonds. The number of hydrogen-bond acceptors (Lipinski definition) is 6. The number of carboxylic acid groups (broad SMARTS) is 2. The van der Waals surface area contributed by atoms with Crippen molar-refractivity contribution in [1.29, 1.82) is 0 Å². The third kappa shape index (κ3) is 5.31. The Hall–Kier alpha value is -3.58. The SMILES string of the molecule is Cc1c(-c2ccc(NS(=O)(=O)c3ccccc3C(F)(F)F)cc2)sc(C(=O)O)c1OCC(=O)O. The van der Waals surface area contributed by atoms with Gasteiger partial charge in [-0.3, -0.25) is 4.72 Å². The van der Waals surface area contributed by atoms with E-state index in [4.69, 9.17) is 9.84 Å². The molecule has 3 N–H and O–H groups in total. The number of aromatic carboxylic acids is 1. The molecule has 3 aromatic rings. The highest BCUT2D eigenvalue weighted by Crippen LogP contribution is 2.42. The zero-order valence-electron chi connectivity index (χ0n) is 17.2. The van der Waals surface area contributed by atoms with Crippen LogP contribution in [0.1, 0.15) is 20.8 Å². The monoisotopic (exact) mass is 515 g/mol. The second-order valence-corrected chi connectivity index (χ2v) is 9.55. The van der Waals surface area contributed by atoms with Crippen molar-refractivity contribution in [2.45, 2.75) is 18.0 Å². The van der Waals surface area contributed by atoms with Crippen LogP contribution < -0.4 is 9.46 Å². The Balaban J connectivity index is 1.92. The molecule has 0 atom stereocenters. The summed E-state index contributed by atoms with van der Waals surface area (Å²) in [6, 6.07) is 9.27. The summed E-state index contributed by atoms with van der Waals surface area (Å²) in [5.74, 6) is -2.69. The van der Waals surface area contributed by atoms with Crippen LogP contribution in [0.4, 0.5) is 18.9 Å². The second kappa shape index (κ2) is 9.35. The van der Waals surface area contributed by atoms with Gasteiger partial charge in [-0.1, -0.05) is 24.3 Å². The van der Waals surface area contributed by atoms with Crippen molar-refractivity contribution in [1.82, 2.24) is 0 Å². The molecule has 0 spiro atoms. The molecule has 1 aromatic heterocycles. The summed E-state index contributed by atoms with van der Waals surface area (Å²) in [5, 5.41) is 18.2. The van der Waals surface area contributed by atoms with Crippen molar-refractivity contribution in [3.63, 3.8) is 0 Å². The van der Waals surface area contributed by atoms with Crippen LogP contribution in [0.3, 0.4) is 0 Å². The van der Waals surface area contributed by atoms with E-state index in [2.05, 4.69) is 4.72 Å². The van der Waals surface area contributed by atoms with Gasteiger partial charge in [-0.05, 0) is 36.8 Å². The van der Waals surface area contributed by atoms with Gasteiger partial charge in [0.25, 0.3) is 10.0 Å². The number of halogens is 3. The number of nitrogens with one attached hydrogen (secondary N) is 1. The zero-order chi connectivity index (χ0) is 25.3. The van der Waals surface area contributed by atoms with E-state index in [0.29, 0.717) is 22.1 Å². The van der Waals surface area contributed by atoms with Crippen molar-refractivity contribution in [3.8, 4) is 16.2 Å². The molecular weight excluding hydrogens is 499 g/mol. The van der Waals surface area contributed by atoms with Crippen LogP contribution in [-0.2, 0) is 21.0 Å². The maximum Gasteiger partial charge on any atom is 0.417 e. The first-order chi connectivity index (χ1) is 15.8. The number of alkyl halides is 3. The van der Waals surface area contributed by atoms with Crippen LogP contribution >= 0.6 is 11.3 Å². The van der Waals surface area contributed by atoms with Crippen LogP contribution in [0.25, 0.3) is 10.4 Å². The number of ether oxygens (including phenoxy) is 1. The Morgan fingerprint density at radius 2 is 1.68 bits per heavy atom. The number of rotatable bonds is 8. The molecule has 0 fully saturated rings. The summed E-state index contributed by atoms with van der Waals surface area (Å²) >= 11 is 0.838. The van der Waals surface area contributed by atoms with E-state index in [-0.39, 0.29) is 16.3 Å². The van der Waals surface area contributed by atoms with E-state index in [9.17, 15) is 36.3 Å². The van der Waals surface area contributed by atoms with Crippen LogP contribution in [0.2, 0.25) is 0 Å². The number of carbonyl (C=O) groups is 2. The van der Waals surface area contributed by atoms with Crippen LogP contribution in [0, 0.1) is 6.92 Å². The van der Waals surface area contributed by atoms with Crippen LogP contribution in [0.15, 0.2) is 53.4 Å². The Bertz CT molecular complexity index is 1350. The van der Waals surface area contributed by atoms with E-state index >= 15 is 0 Å². The third-order valence-corrected chi connectivity index (χ3v) is 7.26. The minimum absolute atomic E-state index is 0.0178. The van der Waals surface area contributed by atoms with Crippen molar-refractivity contribution < 1.29 is 46.1 Å². The van der Waals surface area contributed by atoms with Gasteiger partial charge in [-0.25, -0.2) is 18.0 Å². The van der Waals surface area contributed by atoms with Gasteiger partial charge >= 0.3 is 18.1 Å². The van der Waals surface area contributed by atoms with Gasteiger partial charge in [0.15, 0.2) is 11.5 Å². The maximum atomic E-state index is 13.2. The lowest BCUT2D eigenvalue weighted by Crippen LogP contribution is -2.18. The Morgan fingerprint density at radius 3 is 2.24 bits per heavy atom. The summed E-state index contributed by atoms with van der Waals surface area (Å²) in [5.41, 5.74) is -0.482. The number of aliphatic carboxylic acids is 1. The molecule has 8 nitrogen and oxygen atoms in total. The molecule has 34 heavy (non-hydrogen) atoms. The molecule has 3 rings (SSSR count). The molecule has 0 unspecified atom stereocenters. The van der Waals surface area contributed by atoms with Gasteiger partial charge < -0.3 is 14.9 Å². The van der Waals surface area contributed by atoms with Gasteiger partial charge in [0.05, 0.1) is 10.5 Å². The molecule has 0 saturated heterocycles. The number of carboxylic acids is 2. The summed E-state index contributed by atoms with van der Waals surface area (Å²) in [6.07, 6.45) is -4.87. The first-order valence-electron chi connectivity index (χ1n) is 9.32. The Morgan fingerprint density at radius 1 is 1.06 bits per heavy atom. The molecule has 13 heteroatoms. The van der Waals surface area contributed by atoms with Gasteiger partial charge in [0.2, 0.25) is 0 Å². The highest BCUT2D eigenvalue weighted by molar-refractivity contribution is 7.92. The number of benzene rings is 2. The van der Waals surface area contributed by atoms with Crippen molar-refractivity contribution in [3.05, 3.63) is 64.5 Å². The van der Waals surface area contributed by atoms with Gasteiger partial charge in [0, 0.05) is 16.1 Å². The second-order valence-electron chi connectivity index (χ2n) is 6.88. The highest BCUT2D eigenvalue weighted by Gasteiger charge is 2.37. The van der Waals surface area contributed by atoms with E-state index in [1.54, 1.807) is 6.92 Å². The van der Waals surface area contributed by atoms with E-state index in [1.807, 2.05) is 0 Å². The molecule has 1 heterocycles. The molecule has 0 aliphatic rings. The number of thiophene rings is 1. The van der Waals surface area contributed by atoms with Crippen molar-refractivity contribution >= 4 is 39.0 Å². The Kier molecular flexibility index (Phi) is 6.89. The first kappa shape index (κ1) is 25.1. The van der Waals surface area contributed by atoms with E-state index < -0.39 is 45.2 Å². The van der Waals surface area contributed by atoms with Gasteiger partial charge in [-0.2, -0.15) is 13.2 Å². The minimum atomic E-state index is -4.87. The predicted molar refractivity (Wildman–Crippen MR) is 117 cm³/mol. The standard InChI is InChI=1S/C21H16F3NO7S2/c1-11-17(32-10-16(26)27)19(20(28)29)33-18(11)12-6-8-13(9-7-12)25-34(30,31)15-5-3-2-4-14(15)21(22,23)24/h2-9,25H,10H2,1H3,(H,26,27)(H,28,29). The Labute approximate surface area is 195 Å². The maximum absolute atomic E-state index is 13.2.